The van der Waals surface area contributed by atoms with Crippen molar-refractivity contribution < 1.29 is 9.90 Å². The lowest BCUT2D eigenvalue weighted by Crippen LogP contribution is -2.46. The SMILES string of the molecule is Cc1c(O)ccc2c1C1CCCN(C(=O)c3ccc4[nH]cnc4c3)C1C2. The number of carbonyl (C=O) groups excluding carboxylic acids is 1. The predicted octanol–water partition coefficient (Wildman–Crippen LogP) is 3.52. The molecule has 0 spiro atoms. The van der Waals surface area contributed by atoms with Crippen LogP contribution < -0.4 is 0 Å². The van der Waals surface area contributed by atoms with Gasteiger partial charge in [0.2, 0.25) is 0 Å². The Morgan fingerprint density at radius 1 is 1.31 bits per heavy atom. The Morgan fingerprint density at radius 3 is 3.08 bits per heavy atom. The number of nitrogens with zero attached hydrogens (tertiary/aromatic N) is 2. The minimum atomic E-state index is 0.0827. The van der Waals surface area contributed by atoms with Crippen LogP contribution in [-0.2, 0) is 6.42 Å². The van der Waals surface area contributed by atoms with Crippen LogP contribution in [0.1, 0.15) is 45.8 Å². The standard InChI is InChI=1S/C21H21N3O2/c1-12-19(25)7-5-13-10-18-15(20(12)13)3-2-8-24(18)21(26)14-4-6-16-17(9-14)23-11-22-16/h4-7,9,11,15,18,25H,2-3,8,10H2,1H3,(H,22,23). The zero-order valence-corrected chi connectivity index (χ0v) is 14.7. The second-order valence-corrected chi connectivity index (χ2v) is 7.44. The van der Waals surface area contributed by atoms with Gasteiger partial charge in [-0.2, -0.15) is 0 Å². The summed E-state index contributed by atoms with van der Waals surface area (Å²) in [5, 5.41) is 10.1. The average molecular weight is 347 g/mol. The van der Waals surface area contributed by atoms with Crippen LogP contribution in [-0.4, -0.2) is 38.5 Å². The van der Waals surface area contributed by atoms with Gasteiger partial charge in [-0.3, -0.25) is 4.79 Å². The molecule has 26 heavy (non-hydrogen) atoms. The smallest absolute Gasteiger partial charge is 0.254 e. The largest absolute Gasteiger partial charge is 0.508 e. The maximum absolute atomic E-state index is 13.2. The molecule has 2 heterocycles. The minimum absolute atomic E-state index is 0.0827. The number of hydrogen-bond donors (Lipinski definition) is 2. The number of phenolic OH excluding ortho intramolecular Hbond substituents is 1. The summed E-state index contributed by atoms with van der Waals surface area (Å²) in [4.78, 5) is 22.6. The number of rotatable bonds is 1. The summed E-state index contributed by atoms with van der Waals surface area (Å²) in [6.45, 7) is 2.78. The molecule has 0 bridgehead atoms. The molecule has 5 rings (SSSR count). The van der Waals surface area contributed by atoms with E-state index in [1.807, 2.05) is 36.1 Å². The first kappa shape index (κ1) is 15.4. The van der Waals surface area contributed by atoms with Crippen molar-refractivity contribution in [2.24, 2.45) is 0 Å². The third-order valence-corrected chi connectivity index (χ3v) is 6.08. The minimum Gasteiger partial charge on any atom is -0.508 e. The Kier molecular flexibility index (Phi) is 3.32. The second kappa shape index (κ2) is 5.59. The van der Waals surface area contributed by atoms with Crippen LogP contribution in [0, 0.1) is 6.92 Å². The fourth-order valence-corrected chi connectivity index (χ4v) is 4.82. The highest BCUT2D eigenvalue weighted by Gasteiger charge is 2.42. The molecule has 2 N–H and O–H groups in total. The molecular formula is C21H21N3O2. The highest BCUT2D eigenvalue weighted by Crippen LogP contribution is 2.45. The van der Waals surface area contributed by atoms with Gasteiger partial charge in [-0.05, 0) is 67.1 Å². The van der Waals surface area contributed by atoms with Gasteiger partial charge in [0.15, 0.2) is 0 Å². The first-order valence-corrected chi connectivity index (χ1v) is 9.19. The van der Waals surface area contributed by atoms with E-state index in [2.05, 4.69) is 9.97 Å². The highest BCUT2D eigenvalue weighted by atomic mass is 16.3. The van der Waals surface area contributed by atoms with Crippen molar-refractivity contribution in [3.05, 3.63) is 58.9 Å². The van der Waals surface area contributed by atoms with E-state index in [0.29, 0.717) is 17.2 Å². The maximum Gasteiger partial charge on any atom is 0.254 e. The van der Waals surface area contributed by atoms with Crippen LogP contribution in [0.15, 0.2) is 36.7 Å². The maximum atomic E-state index is 13.2. The summed E-state index contributed by atoms with van der Waals surface area (Å²) in [5.41, 5.74) is 5.97. The summed E-state index contributed by atoms with van der Waals surface area (Å²) in [6.07, 6.45) is 4.59. The Morgan fingerprint density at radius 2 is 2.19 bits per heavy atom. The molecule has 132 valence electrons. The van der Waals surface area contributed by atoms with Gasteiger partial charge in [-0.1, -0.05) is 6.07 Å². The van der Waals surface area contributed by atoms with E-state index >= 15 is 0 Å². The summed E-state index contributed by atoms with van der Waals surface area (Å²) < 4.78 is 0. The number of benzene rings is 2. The van der Waals surface area contributed by atoms with Gasteiger partial charge in [0.25, 0.3) is 5.91 Å². The number of hydrogen-bond acceptors (Lipinski definition) is 3. The number of piperidine rings is 1. The number of phenols is 1. The quantitative estimate of drug-likeness (QED) is 0.708. The van der Waals surface area contributed by atoms with E-state index in [1.54, 1.807) is 12.4 Å². The molecule has 1 aliphatic carbocycles. The van der Waals surface area contributed by atoms with Crippen molar-refractivity contribution in [3.8, 4) is 5.75 Å². The topological polar surface area (TPSA) is 69.2 Å². The number of imidazole rings is 1. The molecule has 1 saturated heterocycles. The summed E-state index contributed by atoms with van der Waals surface area (Å²) in [7, 11) is 0. The molecule has 0 radical (unpaired) electrons. The number of amides is 1. The highest BCUT2D eigenvalue weighted by molar-refractivity contribution is 5.97. The van der Waals surface area contributed by atoms with Crippen molar-refractivity contribution in [2.75, 3.05) is 6.54 Å². The van der Waals surface area contributed by atoms with Crippen LogP contribution in [0.25, 0.3) is 11.0 Å². The van der Waals surface area contributed by atoms with E-state index in [1.165, 1.54) is 11.1 Å². The van der Waals surface area contributed by atoms with Crippen LogP contribution in [0.3, 0.4) is 0 Å². The van der Waals surface area contributed by atoms with Gasteiger partial charge in [0.1, 0.15) is 5.75 Å². The first-order valence-electron chi connectivity index (χ1n) is 9.19. The number of carbonyl (C=O) groups is 1. The molecule has 5 heteroatoms. The van der Waals surface area contributed by atoms with Crippen LogP contribution in [0.5, 0.6) is 5.75 Å². The van der Waals surface area contributed by atoms with Crippen LogP contribution in [0.2, 0.25) is 0 Å². The van der Waals surface area contributed by atoms with Crippen molar-refractivity contribution in [2.45, 2.75) is 38.1 Å². The third-order valence-electron chi connectivity index (χ3n) is 6.08. The molecule has 2 atom stereocenters. The van der Waals surface area contributed by atoms with E-state index in [0.717, 1.165) is 42.4 Å². The van der Waals surface area contributed by atoms with Crippen molar-refractivity contribution in [3.63, 3.8) is 0 Å². The molecule has 2 aliphatic rings. The summed E-state index contributed by atoms with van der Waals surface area (Å²) in [6, 6.07) is 9.66. The molecule has 5 nitrogen and oxygen atoms in total. The molecule has 0 saturated carbocycles. The second-order valence-electron chi connectivity index (χ2n) is 7.44. The van der Waals surface area contributed by atoms with Gasteiger partial charge in [0.05, 0.1) is 17.4 Å². The number of fused-ring (bicyclic) bond motifs is 4. The zero-order valence-electron chi connectivity index (χ0n) is 14.7. The lowest BCUT2D eigenvalue weighted by molar-refractivity contribution is 0.0595. The third kappa shape index (κ3) is 2.16. The molecule has 3 aromatic rings. The van der Waals surface area contributed by atoms with Gasteiger partial charge >= 0.3 is 0 Å². The molecule has 2 aromatic carbocycles. The molecule has 1 aromatic heterocycles. The lowest BCUT2D eigenvalue weighted by atomic mass is 9.86. The number of likely N-dealkylation sites (tertiary alicyclic amines) is 1. The van der Waals surface area contributed by atoms with Gasteiger partial charge in [-0.25, -0.2) is 4.98 Å². The van der Waals surface area contributed by atoms with E-state index in [9.17, 15) is 9.90 Å². The molecule has 1 amide bonds. The van der Waals surface area contributed by atoms with Crippen molar-refractivity contribution in [1.29, 1.82) is 0 Å². The van der Waals surface area contributed by atoms with E-state index < -0.39 is 0 Å². The number of aromatic nitrogens is 2. The van der Waals surface area contributed by atoms with Gasteiger partial charge < -0.3 is 15.0 Å². The van der Waals surface area contributed by atoms with Crippen molar-refractivity contribution in [1.82, 2.24) is 14.9 Å². The molecule has 1 fully saturated rings. The average Bonchev–Trinajstić information content (AvgIpc) is 3.27. The number of H-pyrrole nitrogens is 1. The monoisotopic (exact) mass is 347 g/mol. The lowest BCUT2D eigenvalue weighted by Gasteiger charge is -2.38. The Labute approximate surface area is 151 Å². The van der Waals surface area contributed by atoms with Gasteiger partial charge in [0, 0.05) is 24.1 Å². The van der Waals surface area contributed by atoms with Gasteiger partial charge in [-0.15, -0.1) is 0 Å². The van der Waals surface area contributed by atoms with Crippen molar-refractivity contribution >= 4 is 16.9 Å². The van der Waals surface area contributed by atoms with E-state index in [-0.39, 0.29) is 11.9 Å². The Bertz CT molecular complexity index is 1020. The van der Waals surface area contributed by atoms with E-state index in [4.69, 9.17) is 0 Å². The zero-order chi connectivity index (χ0) is 17.8. The summed E-state index contributed by atoms with van der Waals surface area (Å²) >= 11 is 0. The number of aromatic amines is 1. The molecular weight excluding hydrogens is 326 g/mol. The van der Waals surface area contributed by atoms with Crippen LogP contribution >= 0.6 is 0 Å². The fraction of sp³-hybridized carbons (Fsp3) is 0.333. The predicted molar refractivity (Wildman–Crippen MR) is 99.4 cm³/mol. The Balaban J connectivity index is 1.50. The summed E-state index contributed by atoms with van der Waals surface area (Å²) in [5.74, 6) is 0.764. The Hall–Kier alpha value is -2.82. The molecule has 1 aliphatic heterocycles. The molecule has 2 unspecified atom stereocenters. The number of aromatic hydroxyl groups is 1. The van der Waals surface area contributed by atoms with Crippen LogP contribution in [0.4, 0.5) is 0 Å². The fourth-order valence-electron chi connectivity index (χ4n) is 4.82. The number of nitrogens with one attached hydrogen (secondary N) is 1. The first-order chi connectivity index (χ1) is 12.6. The normalized spacial score (nSPS) is 21.7.